The highest BCUT2D eigenvalue weighted by atomic mass is 16.4. The molecular weight excluding hydrogens is 212 g/mol. The van der Waals surface area contributed by atoms with Gasteiger partial charge < -0.3 is 5.11 Å². The minimum atomic E-state index is -0.976. The van der Waals surface area contributed by atoms with Gasteiger partial charge in [-0.3, -0.25) is 0 Å². The molecule has 1 rings (SSSR count). The SMILES string of the molecule is C=C(C(=O)O)c1ccccc1.C=C(C)C(=C)C. The second kappa shape index (κ2) is 7.23. The topological polar surface area (TPSA) is 37.3 Å². The lowest BCUT2D eigenvalue weighted by molar-refractivity contribution is -0.130. The number of aliphatic carboxylic acids is 1. The molecule has 0 aliphatic carbocycles. The van der Waals surface area contributed by atoms with Crippen LogP contribution in [-0.4, -0.2) is 11.1 Å². The van der Waals surface area contributed by atoms with E-state index in [-0.39, 0.29) is 5.57 Å². The molecule has 0 fully saturated rings. The molecule has 0 aromatic heterocycles. The van der Waals surface area contributed by atoms with Crippen LogP contribution < -0.4 is 0 Å². The van der Waals surface area contributed by atoms with E-state index in [0.29, 0.717) is 5.56 Å². The van der Waals surface area contributed by atoms with Crippen molar-refractivity contribution in [2.75, 3.05) is 0 Å². The van der Waals surface area contributed by atoms with Crippen LogP contribution in [0, 0.1) is 0 Å². The maximum atomic E-state index is 10.4. The fraction of sp³-hybridized carbons (Fsp3) is 0.133. The van der Waals surface area contributed by atoms with Gasteiger partial charge in [-0.2, -0.15) is 0 Å². The minimum Gasteiger partial charge on any atom is -0.478 e. The number of carboxylic acid groups (broad SMARTS) is 1. The molecular formula is C15H18O2. The van der Waals surface area contributed by atoms with Crippen LogP contribution in [0.25, 0.3) is 5.57 Å². The van der Waals surface area contributed by atoms with Gasteiger partial charge in [0.2, 0.25) is 0 Å². The van der Waals surface area contributed by atoms with Gasteiger partial charge in [-0.25, -0.2) is 4.79 Å². The van der Waals surface area contributed by atoms with Crippen molar-refractivity contribution >= 4 is 11.5 Å². The van der Waals surface area contributed by atoms with E-state index >= 15 is 0 Å². The molecule has 17 heavy (non-hydrogen) atoms. The molecule has 1 aromatic rings. The first-order chi connectivity index (χ1) is 7.86. The van der Waals surface area contributed by atoms with Gasteiger partial charge in [0, 0.05) is 0 Å². The van der Waals surface area contributed by atoms with E-state index in [1.165, 1.54) is 0 Å². The van der Waals surface area contributed by atoms with Crippen LogP contribution in [0.15, 0.2) is 61.2 Å². The number of carboxylic acids is 1. The van der Waals surface area contributed by atoms with Crippen LogP contribution in [0.4, 0.5) is 0 Å². The average molecular weight is 230 g/mol. The van der Waals surface area contributed by atoms with Crippen LogP contribution in [0.2, 0.25) is 0 Å². The van der Waals surface area contributed by atoms with Crippen molar-refractivity contribution in [3.63, 3.8) is 0 Å². The second-order valence-corrected chi connectivity index (χ2v) is 3.71. The molecule has 2 nitrogen and oxygen atoms in total. The Bertz CT molecular complexity index is 415. The van der Waals surface area contributed by atoms with E-state index < -0.39 is 5.97 Å². The summed E-state index contributed by atoms with van der Waals surface area (Å²) >= 11 is 0. The van der Waals surface area contributed by atoms with Gasteiger partial charge in [0.25, 0.3) is 0 Å². The Morgan fingerprint density at radius 1 is 1.00 bits per heavy atom. The summed E-state index contributed by atoms with van der Waals surface area (Å²) in [5.74, 6) is -0.976. The second-order valence-electron chi connectivity index (χ2n) is 3.71. The third kappa shape index (κ3) is 6.15. The van der Waals surface area contributed by atoms with E-state index in [0.717, 1.165) is 11.1 Å². The quantitative estimate of drug-likeness (QED) is 0.631. The summed E-state index contributed by atoms with van der Waals surface area (Å²) < 4.78 is 0. The van der Waals surface area contributed by atoms with Crippen LogP contribution in [0.3, 0.4) is 0 Å². The molecule has 0 saturated heterocycles. The van der Waals surface area contributed by atoms with Crippen molar-refractivity contribution in [1.82, 2.24) is 0 Å². The number of carbonyl (C=O) groups is 1. The lowest BCUT2D eigenvalue weighted by atomic mass is 10.1. The zero-order valence-electron chi connectivity index (χ0n) is 10.4. The Morgan fingerprint density at radius 2 is 1.41 bits per heavy atom. The van der Waals surface area contributed by atoms with Crippen molar-refractivity contribution in [2.45, 2.75) is 13.8 Å². The molecule has 0 bridgehead atoms. The monoisotopic (exact) mass is 230 g/mol. The van der Waals surface area contributed by atoms with E-state index in [1.54, 1.807) is 24.3 Å². The van der Waals surface area contributed by atoms with Gasteiger partial charge in [0.15, 0.2) is 0 Å². The molecule has 0 spiro atoms. The average Bonchev–Trinajstić information content (AvgIpc) is 2.29. The minimum absolute atomic E-state index is 0.130. The lowest BCUT2D eigenvalue weighted by Gasteiger charge is -1.97. The first-order valence-corrected chi connectivity index (χ1v) is 5.15. The molecule has 0 amide bonds. The third-order valence-electron chi connectivity index (χ3n) is 2.11. The summed E-state index contributed by atoms with van der Waals surface area (Å²) in [6.07, 6.45) is 0. The van der Waals surface area contributed by atoms with E-state index in [9.17, 15) is 4.79 Å². The highest BCUT2D eigenvalue weighted by Gasteiger charge is 2.04. The van der Waals surface area contributed by atoms with Crippen LogP contribution in [0.1, 0.15) is 19.4 Å². The summed E-state index contributed by atoms with van der Waals surface area (Å²) in [7, 11) is 0. The predicted molar refractivity (Wildman–Crippen MR) is 72.7 cm³/mol. The predicted octanol–water partition coefficient (Wildman–Crippen LogP) is 3.92. The maximum Gasteiger partial charge on any atom is 0.335 e. The van der Waals surface area contributed by atoms with Crippen molar-refractivity contribution in [1.29, 1.82) is 0 Å². The van der Waals surface area contributed by atoms with E-state index in [2.05, 4.69) is 19.7 Å². The molecule has 1 N–H and O–H groups in total. The Hall–Kier alpha value is -2.09. The van der Waals surface area contributed by atoms with Gasteiger partial charge in [0.1, 0.15) is 0 Å². The zero-order chi connectivity index (χ0) is 13.4. The molecule has 0 aliphatic heterocycles. The maximum absolute atomic E-state index is 10.4. The highest BCUT2D eigenvalue weighted by Crippen LogP contribution is 2.10. The summed E-state index contributed by atoms with van der Waals surface area (Å²) in [5, 5.41) is 8.54. The summed E-state index contributed by atoms with van der Waals surface area (Å²) in [6.45, 7) is 14.6. The smallest absolute Gasteiger partial charge is 0.335 e. The lowest BCUT2D eigenvalue weighted by Crippen LogP contribution is -1.96. The molecule has 0 radical (unpaired) electrons. The molecule has 0 aliphatic rings. The van der Waals surface area contributed by atoms with Crippen molar-refractivity contribution in [3.8, 4) is 0 Å². The number of allylic oxidation sites excluding steroid dienone is 2. The summed E-state index contributed by atoms with van der Waals surface area (Å²) in [6, 6.07) is 8.83. The van der Waals surface area contributed by atoms with Crippen LogP contribution >= 0.6 is 0 Å². The third-order valence-corrected chi connectivity index (χ3v) is 2.11. The Morgan fingerprint density at radius 3 is 1.71 bits per heavy atom. The highest BCUT2D eigenvalue weighted by molar-refractivity contribution is 6.14. The van der Waals surface area contributed by atoms with Gasteiger partial charge >= 0.3 is 5.97 Å². The van der Waals surface area contributed by atoms with Crippen molar-refractivity contribution in [2.24, 2.45) is 0 Å². The molecule has 90 valence electrons. The number of rotatable bonds is 3. The Balaban J connectivity index is 0.000000366. The van der Waals surface area contributed by atoms with Crippen LogP contribution in [0.5, 0.6) is 0 Å². The standard InChI is InChI=1S/C9H8O2.C6H10/c1-7(9(10)11)8-5-3-2-4-6-8;1-5(2)6(3)4/h2-6H,1H2,(H,10,11);1,3H2,2,4H3. The van der Waals surface area contributed by atoms with E-state index in [4.69, 9.17) is 5.11 Å². The van der Waals surface area contributed by atoms with Gasteiger partial charge in [-0.15, -0.1) is 0 Å². The summed E-state index contributed by atoms with van der Waals surface area (Å²) in [4.78, 5) is 10.4. The normalized spacial score (nSPS) is 8.59. The van der Waals surface area contributed by atoms with Gasteiger partial charge in [-0.05, 0) is 19.4 Å². The van der Waals surface area contributed by atoms with E-state index in [1.807, 2.05) is 19.9 Å². The summed E-state index contributed by atoms with van der Waals surface area (Å²) in [5.41, 5.74) is 2.91. The Kier molecular flexibility index (Phi) is 6.34. The first kappa shape index (κ1) is 14.9. The first-order valence-electron chi connectivity index (χ1n) is 5.15. The van der Waals surface area contributed by atoms with Crippen LogP contribution in [-0.2, 0) is 4.79 Å². The molecule has 0 unspecified atom stereocenters. The number of hydrogen-bond donors (Lipinski definition) is 1. The van der Waals surface area contributed by atoms with Crippen molar-refractivity contribution < 1.29 is 9.90 Å². The molecule has 2 heteroatoms. The zero-order valence-corrected chi connectivity index (χ0v) is 10.4. The van der Waals surface area contributed by atoms with Crippen molar-refractivity contribution in [3.05, 3.63) is 66.8 Å². The Labute approximate surface area is 103 Å². The molecule has 0 heterocycles. The van der Waals surface area contributed by atoms with Gasteiger partial charge in [0.05, 0.1) is 5.57 Å². The molecule has 0 saturated carbocycles. The number of benzene rings is 1. The fourth-order valence-corrected chi connectivity index (χ4v) is 0.763. The van der Waals surface area contributed by atoms with Gasteiger partial charge in [-0.1, -0.05) is 61.2 Å². The molecule has 1 aromatic carbocycles. The largest absolute Gasteiger partial charge is 0.478 e. The number of hydrogen-bond acceptors (Lipinski definition) is 1. The fourth-order valence-electron chi connectivity index (χ4n) is 0.763. The molecule has 0 atom stereocenters.